The van der Waals surface area contributed by atoms with Crippen molar-refractivity contribution in [3.8, 4) is 0 Å². The Kier molecular flexibility index (Phi) is 5.41. The van der Waals surface area contributed by atoms with Gasteiger partial charge in [-0.1, -0.05) is 30.0 Å². The van der Waals surface area contributed by atoms with Crippen molar-refractivity contribution in [2.75, 3.05) is 12.3 Å². The SMILES string of the molecule is NCCn1nnnc1SCC(=O)NC(=O)c1ccccc1. The maximum absolute atomic E-state index is 11.8. The second-order valence-corrected chi connectivity index (χ2v) is 4.95. The molecule has 8 nitrogen and oxygen atoms in total. The molecule has 1 aromatic carbocycles. The van der Waals surface area contributed by atoms with Crippen LogP contribution in [0.3, 0.4) is 0 Å². The molecule has 0 aliphatic heterocycles. The number of thioether (sulfide) groups is 1. The summed E-state index contributed by atoms with van der Waals surface area (Å²) in [7, 11) is 0. The maximum Gasteiger partial charge on any atom is 0.257 e. The van der Waals surface area contributed by atoms with Crippen LogP contribution in [0.4, 0.5) is 0 Å². The third kappa shape index (κ3) is 4.36. The van der Waals surface area contributed by atoms with Crippen molar-refractivity contribution in [1.29, 1.82) is 0 Å². The number of nitrogens with zero attached hydrogens (tertiary/aromatic N) is 4. The predicted octanol–water partition coefficient (Wildman–Crippen LogP) is -0.320. The Balaban J connectivity index is 1.85. The fourth-order valence-electron chi connectivity index (χ4n) is 1.52. The molecule has 0 aliphatic carbocycles. The van der Waals surface area contributed by atoms with Gasteiger partial charge in [-0.05, 0) is 22.6 Å². The van der Waals surface area contributed by atoms with Gasteiger partial charge in [0.05, 0.1) is 12.3 Å². The van der Waals surface area contributed by atoms with Gasteiger partial charge in [-0.2, -0.15) is 0 Å². The molecule has 0 bridgehead atoms. The summed E-state index contributed by atoms with van der Waals surface area (Å²) < 4.78 is 1.51. The van der Waals surface area contributed by atoms with E-state index in [0.717, 1.165) is 11.8 Å². The molecule has 0 fully saturated rings. The summed E-state index contributed by atoms with van der Waals surface area (Å²) in [5.74, 6) is -0.789. The third-order valence-electron chi connectivity index (χ3n) is 2.46. The zero-order valence-corrected chi connectivity index (χ0v) is 11.9. The lowest BCUT2D eigenvalue weighted by molar-refractivity contribution is -0.117. The maximum atomic E-state index is 11.8. The van der Waals surface area contributed by atoms with Crippen LogP contribution in [0.15, 0.2) is 35.5 Å². The monoisotopic (exact) mass is 306 g/mol. The smallest absolute Gasteiger partial charge is 0.257 e. The van der Waals surface area contributed by atoms with Crippen LogP contribution >= 0.6 is 11.8 Å². The number of nitrogens with two attached hydrogens (primary N) is 1. The number of rotatable bonds is 6. The molecule has 2 amide bonds. The van der Waals surface area contributed by atoms with Gasteiger partial charge in [0.25, 0.3) is 5.91 Å². The van der Waals surface area contributed by atoms with Crippen molar-refractivity contribution in [3.63, 3.8) is 0 Å². The first kappa shape index (κ1) is 15.1. The third-order valence-corrected chi connectivity index (χ3v) is 3.42. The highest BCUT2D eigenvalue weighted by Crippen LogP contribution is 2.12. The molecule has 0 saturated carbocycles. The number of benzene rings is 1. The minimum atomic E-state index is -0.428. The van der Waals surface area contributed by atoms with Gasteiger partial charge in [-0.15, -0.1) is 5.10 Å². The molecule has 2 rings (SSSR count). The van der Waals surface area contributed by atoms with E-state index in [0.29, 0.717) is 23.8 Å². The van der Waals surface area contributed by atoms with Crippen LogP contribution in [-0.4, -0.2) is 44.3 Å². The van der Waals surface area contributed by atoms with Gasteiger partial charge >= 0.3 is 0 Å². The van der Waals surface area contributed by atoms with E-state index in [1.54, 1.807) is 30.3 Å². The van der Waals surface area contributed by atoms with Crippen LogP contribution in [-0.2, 0) is 11.3 Å². The van der Waals surface area contributed by atoms with Crippen molar-refractivity contribution >= 4 is 23.6 Å². The molecule has 2 aromatic rings. The van der Waals surface area contributed by atoms with Crippen LogP contribution < -0.4 is 11.1 Å². The fraction of sp³-hybridized carbons (Fsp3) is 0.250. The summed E-state index contributed by atoms with van der Waals surface area (Å²) in [5, 5.41) is 13.8. The highest BCUT2D eigenvalue weighted by Gasteiger charge is 2.12. The second kappa shape index (κ2) is 7.50. The van der Waals surface area contributed by atoms with Gasteiger partial charge in [-0.3, -0.25) is 14.9 Å². The summed E-state index contributed by atoms with van der Waals surface area (Å²) in [5.41, 5.74) is 5.86. The molecule has 9 heteroatoms. The first-order chi connectivity index (χ1) is 10.2. The number of imide groups is 1. The first-order valence-electron chi connectivity index (χ1n) is 6.19. The van der Waals surface area contributed by atoms with Crippen LogP contribution in [0.25, 0.3) is 0 Å². The number of nitrogens with one attached hydrogen (secondary N) is 1. The number of amides is 2. The zero-order valence-electron chi connectivity index (χ0n) is 11.1. The van der Waals surface area contributed by atoms with E-state index in [4.69, 9.17) is 5.73 Å². The first-order valence-corrected chi connectivity index (χ1v) is 7.17. The summed E-state index contributed by atoms with van der Waals surface area (Å²) >= 11 is 1.15. The predicted molar refractivity (Wildman–Crippen MR) is 76.5 cm³/mol. The number of carbonyl (C=O) groups is 2. The lowest BCUT2D eigenvalue weighted by Gasteiger charge is -2.04. The lowest BCUT2D eigenvalue weighted by Crippen LogP contribution is -2.31. The summed E-state index contributed by atoms with van der Waals surface area (Å²) in [6.45, 7) is 0.872. The van der Waals surface area contributed by atoms with Crippen molar-refractivity contribution in [3.05, 3.63) is 35.9 Å². The Morgan fingerprint density at radius 1 is 1.29 bits per heavy atom. The molecular formula is C12H14N6O2S. The number of hydrogen-bond acceptors (Lipinski definition) is 7. The van der Waals surface area contributed by atoms with Crippen LogP contribution in [0, 0.1) is 0 Å². The minimum Gasteiger partial charge on any atom is -0.329 e. The zero-order chi connectivity index (χ0) is 15.1. The Labute approximate surface area is 125 Å². The summed E-state index contributed by atoms with van der Waals surface area (Å²) in [4.78, 5) is 23.5. The van der Waals surface area contributed by atoms with Gasteiger partial charge in [0.1, 0.15) is 0 Å². The normalized spacial score (nSPS) is 10.3. The second-order valence-electron chi connectivity index (χ2n) is 4.01. The van der Waals surface area contributed by atoms with Crippen LogP contribution in [0.1, 0.15) is 10.4 Å². The van der Waals surface area contributed by atoms with E-state index in [1.807, 2.05) is 0 Å². The average molecular weight is 306 g/mol. The number of aromatic nitrogens is 4. The van der Waals surface area contributed by atoms with Crippen LogP contribution in [0.5, 0.6) is 0 Å². The highest BCUT2D eigenvalue weighted by atomic mass is 32.2. The van der Waals surface area contributed by atoms with E-state index < -0.39 is 11.8 Å². The van der Waals surface area contributed by atoms with Gasteiger partial charge in [0.2, 0.25) is 11.1 Å². The lowest BCUT2D eigenvalue weighted by atomic mass is 10.2. The van der Waals surface area contributed by atoms with E-state index >= 15 is 0 Å². The fourth-order valence-corrected chi connectivity index (χ4v) is 2.22. The van der Waals surface area contributed by atoms with Gasteiger partial charge in [0.15, 0.2) is 0 Å². The molecule has 3 N–H and O–H groups in total. The molecule has 0 atom stereocenters. The Morgan fingerprint density at radius 3 is 2.76 bits per heavy atom. The minimum absolute atomic E-state index is 0.0452. The van der Waals surface area contributed by atoms with Crippen molar-refractivity contribution in [2.24, 2.45) is 5.73 Å². The quantitative estimate of drug-likeness (QED) is 0.703. The average Bonchev–Trinajstić information content (AvgIpc) is 2.94. The number of hydrogen-bond donors (Lipinski definition) is 2. The van der Waals surface area contributed by atoms with Crippen LogP contribution in [0.2, 0.25) is 0 Å². The van der Waals surface area contributed by atoms with Gasteiger partial charge in [-0.25, -0.2) is 4.68 Å². The largest absolute Gasteiger partial charge is 0.329 e. The molecule has 0 unspecified atom stereocenters. The Hall–Kier alpha value is -2.26. The molecule has 0 aliphatic rings. The molecular weight excluding hydrogens is 292 g/mol. The summed E-state index contributed by atoms with van der Waals surface area (Å²) in [6.07, 6.45) is 0. The number of carbonyl (C=O) groups excluding carboxylic acids is 2. The Morgan fingerprint density at radius 2 is 2.05 bits per heavy atom. The van der Waals surface area contributed by atoms with E-state index in [1.165, 1.54) is 4.68 Å². The molecule has 0 saturated heterocycles. The molecule has 1 aromatic heterocycles. The van der Waals surface area contributed by atoms with E-state index in [2.05, 4.69) is 20.8 Å². The molecule has 21 heavy (non-hydrogen) atoms. The standard InChI is InChI=1S/C12H14N6O2S/c13-6-7-18-12(15-16-17-18)21-8-10(19)14-11(20)9-4-2-1-3-5-9/h1-5H,6-8,13H2,(H,14,19,20). The Bertz CT molecular complexity index is 615. The highest BCUT2D eigenvalue weighted by molar-refractivity contribution is 7.99. The van der Waals surface area contributed by atoms with Gasteiger partial charge < -0.3 is 5.73 Å². The molecule has 1 heterocycles. The topological polar surface area (TPSA) is 116 Å². The van der Waals surface area contributed by atoms with Crippen molar-refractivity contribution in [1.82, 2.24) is 25.5 Å². The van der Waals surface area contributed by atoms with E-state index in [-0.39, 0.29) is 5.75 Å². The van der Waals surface area contributed by atoms with Gasteiger partial charge in [0, 0.05) is 12.1 Å². The molecule has 0 spiro atoms. The summed E-state index contributed by atoms with van der Waals surface area (Å²) in [6, 6.07) is 8.53. The van der Waals surface area contributed by atoms with E-state index in [9.17, 15) is 9.59 Å². The number of tetrazole rings is 1. The molecule has 110 valence electrons. The van der Waals surface area contributed by atoms with Crippen molar-refractivity contribution in [2.45, 2.75) is 11.7 Å². The molecule has 0 radical (unpaired) electrons. The van der Waals surface area contributed by atoms with Crippen molar-refractivity contribution < 1.29 is 9.59 Å².